The molecule has 1 saturated heterocycles. The summed E-state index contributed by atoms with van der Waals surface area (Å²) in [7, 11) is 0. The molecule has 1 unspecified atom stereocenters. The monoisotopic (exact) mass is 270 g/mol. The molecule has 0 bridgehead atoms. The number of aliphatic hydroxyl groups excluding tert-OH is 1. The number of ether oxygens (including phenoxy) is 1. The largest absolute Gasteiger partial charge is 0.404 e. The molecule has 0 aromatic rings. The zero-order valence-electron chi connectivity index (χ0n) is 9.85. The van der Waals surface area contributed by atoms with Crippen molar-refractivity contribution in [1.82, 2.24) is 10.6 Å². The summed E-state index contributed by atoms with van der Waals surface area (Å²) >= 11 is 0. The Morgan fingerprint density at radius 2 is 2.17 bits per heavy atom. The van der Waals surface area contributed by atoms with E-state index in [-0.39, 0.29) is 45.9 Å². The van der Waals surface area contributed by atoms with Crippen molar-refractivity contribution in [1.29, 1.82) is 0 Å². The van der Waals surface area contributed by atoms with Crippen LogP contribution < -0.4 is 10.6 Å². The van der Waals surface area contributed by atoms with Crippen LogP contribution in [0.25, 0.3) is 0 Å². The molecule has 0 spiro atoms. The van der Waals surface area contributed by atoms with Crippen LogP contribution in [0.2, 0.25) is 0 Å². The van der Waals surface area contributed by atoms with Gasteiger partial charge in [0.2, 0.25) is 5.91 Å². The number of nitrogens with one attached hydrogen (secondary N) is 2. The van der Waals surface area contributed by atoms with Crippen molar-refractivity contribution in [3.05, 3.63) is 0 Å². The molecule has 1 aliphatic rings. The van der Waals surface area contributed by atoms with Gasteiger partial charge in [-0.15, -0.1) is 0 Å². The summed E-state index contributed by atoms with van der Waals surface area (Å²) in [6.07, 6.45) is -4.81. The summed E-state index contributed by atoms with van der Waals surface area (Å²) in [6.45, 7) is -0.204. The van der Waals surface area contributed by atoms with Crippen molar-refractivity contribution >= 4 is 5.91 Å². The number of carbonyl (C=O) groups is 1. The summed E-state index contributed by atoms with van der Waals surface area (Å²) < 4.78 is 43.6. The van der Waals surface area contributed by atoms with E-state index < -0.39 is 17.5 Å². The second-order valence-electron chi connectivity index (χ2n) is 4.10. The molecule has 0 radical (unpaired) electrons. The van der Waals surface area contributed by atoms with Crippen molar-refractivity contribution in [2.24, 2.45) is 5.41 Å². The minimum absolute atomic E-state index is 0.00331. The first kappa shape index (κ1) is 15.2. The van der Waals surface area contributed by atoms with Gasteiger partial charge in [-0.3, -0.25) is 4.79 Å². The maximum atomic E-state index is 12.9. The van der Waals surface area contributed by atoms with Gasteiger partial charge in [-0.05, 0) is 13.0 Å². The van der Waals surface area contributed by atoms with Crippen LogP contribution >= 0.6 is 0 Å². The predicted octanol–water partition coefficient (Wildman–Crippen LogP) is -0.347. The molecular formula is C10H17F3N2O3. The molecule has 0 aromatic carbocycles. The lowest BCUT2D eigenvalue weighted by atomic mass is 9.85. The standard InChI is InChI=1S/C10H17F3N2O3/c11-10(12,13)9(1-2-14-7-9)8(17)15-3-5-18-6-4-16/h14,16H,1-7H2,(H,15,17). The number of carbonyl (C=O) groups excluding carboxylic acids is 1. The van der Waals surface area contributed by atoms with E-state index in [9.17, 15) is 18.0 Å². The van der Waals surface area contributed by atoms with Crippen LogP contribution in [-0.2, 0) is 9.53 Å². The van der Waals surface area contributed by atoms with Crippen LogP contribution in [0, 0.1) is 5.41 Å². The maximum absolute atomic E-state index is 12.9. The smallest absolute Gasteiger partial charge is 0.394 e. The SMILES string of the molecule is O=C(NCCOCCO)C1(C(F)(F)F)CCNC1. The number of aliphatic hydroxyl groups is 1. The normalized spacial score (nSPS) is 24.2. The molecule has 106 valence electrons. The molecule has 0 aromatic heterocycles. The molecule has 18 heavy (non-hydrogen) atoms. The second-order valence-corrected chi connectivity index (χ2v) is 4.10. The molecule has 8 heteroatoms. The predicted molar refractivity (Wildman–Crippen MR) is 56.9 cm³/mol. The van der Waals surface area contributed by atoms with E-state index in [0.717, 1.165) is 0 Å². The second kappa shape index (κ2) is 6.35. The summed E-state index contributed by atoms with van der Waals surface area (Å²) in [5.74, 6) is -1.02. The molecular weight excluding hydrogens is 253 g/mol. The van der Waals surface area contributed by atoms with E-state index in [2.05, 4.69) is 10.6 Å². The summed E-state index contributed by atoms with van der Waals surface area (Å²) in [5, 5.41) is 13.2. The van der Waals surface area contributed by atoms with Crippen molar-refractivity contribution in [3.8, 4) is 0 Å². The number of rotatable bonds is 6. The molecule has 1 amide bonds. The fourth-order valence-corrected chi connectivity index (χ4v) is 1.83. The molecule has 1 atom stereocenters. The van der Waals surface area contributed by atoms with Crippen LogP contribution in [-0.4, -0.2) is 56.6 Å². The van der Waals surface area contributed by atoms with E-state index in [1.165, 1.54) is 0 Å². The van der Waals surface area contributed by atoms with Crippen molar-refractivity contribution in [3.63, 3.8) is 0 Å². The van der Waals surface area contributed by atoms with Crippen LogP contribution in [0.15, 0.2) is 0 Å². The van der Waals surface area contributed by atoms with Crippen LogP contribution in [0.3, 0.4) is 0 Å². The van der Waals surface area contributed by atoms with Gasteiger partial charge in [-0.2, -0.15) is 13.2 Å². The van der Waals surface area contributed by atoms with Crippen molar-refractivity contribution < 1.29 is 27.8 Å². The molecule has 3 N–H and O–H groups in total. The molecule has 1 heterocycles. The van der Waals surface area contributed by atoms with Gasteiger partial charge in [0, 0.05) is 13.1 Å². The molecule has 1 fully saturated rings. The number of hydrogen-bond donors (Lipinski definition) is 3. The van der Waals surface area contributed by atoms with Crippen molar-refractivity contribution in [2.45, 2.75) is 12.6 Å². The first-order chi connectivity index (χ1) is 8.44. The Morgan fingerprint density at radius 1 is 1.44 bits per heavy atom. The van der Waals surface area contributed by atoms with E-state index >= 15 is 0 Å². The number of alkyl halides is 3. The Labute approximate surface area is 103 Å². The fourth-order valence-electron chi connectivity index (χ4n) is 1.83. The third-order valence-electron chi connectivity index (χ3n) is 2.90. The lowest BCUT2D eigenvalue weighted by Gasteiger charge is -2.29. The van der Waals surface area contributed by atoms with Gasteiger partial charge in [-0.1, -0.05) is 0 Å². The quantitative estimate of drug-likeness (QED) is 0.577. The minimum atomic E-state index is -4.56. The summed E-state index contributed by atoms with van der Waals surface area (Å²) in [4.78, 5) is 11.7. The van der Waals surface area contributed by atoms with Gasteiger partial charge in [0.1, 0.15) is 0 Å². The summed E-state index contributed by atoms with van der Waals surface area (Å²) in [5.41, 5.74) is -2.33. The Hall–Kier alpha value is -0.860. The van der Waals surface area contributed by atoms with Crippen molar-refractivity contribution in [2.75, 3.05) is 39.5 Å². The topological polar surface area (TPSA) is 70.6 Å². The summed E-state index contributed by atoms with van der Waals surface area (Å²) in [6, 6.07) is 0. The Bertz CT molecular complexity index is 278. The first-order valence-electron chi connectivity index (χ1n) is 5.68. The van der Waals surface area contributed by atoms with Gasteiger partial charge in [0.15, 0.2) is 5.41 Å². The number of hydrogen-bond acceptors (Lipinski definition) is 4. The highest BCUT2D eigenvalue weighted by Gasteiger charge is 2.61. The number of amides is 1. The van der Waals surface area contributed by atoms with Crippen LogP contribution in [0.5, 0.6) is 0 Å². The third-order valence-corrected chi connectivity index (χ3v) is 2.90. The molecule has 5 nitrogen and oxygen atoms in total. The highest BCUT2D eigenvalue weighted by molar-refractivity contribution is 5.84. The van der Waals surface area contributed by atoms with Gasteiger partial charge < -0.3 is 20.5 Å². The average molecular weight is 270 g/mol. The lowest BCUT2D eigenvalue weighted by Crippen LogP contribution is -2.52. The van der Waals surface area contributed by atoms with E-state index in [1.807, 2.05) is 0 Å². The van der Waals surface area contributed by atoms with Crippen LogP contribution in [0.4, 0.5) is 13.2 Å². The highest BCUT2D eigenvalue weighted by atomic mass is 19.4. The Kier molecular flexibility index (Phi) is 5.36. The molecule has 0 aliphatic carbocycles. The average Bonchev–Trinajstić information content (AvgIpc) is 2.78. The zero-order chi connectivity index (χ0) is 13.6. The molecule has 1 aliphatic heterocycles. The Morgan fingerprint density at radius 3 is 2.67 bits per heavy atom. The van der Waals surface area contributed by atoms with Crippen LogP contribution in [0.1, 0.15) is 6.42 Å². The minimum Gasteiger partial charge on any atom is -0.394 e. The van der Waals surface area contributed by atoms with E-state index in [0.29, 0.717) is 0 Å². The van der Waals surface area contributed by atoms with Gasteiger partial charge in [-0.25, -0.2) is 0 Å². The Balaban J connectivity index is 2.47. The highest BCUT2D eigenvalue weighted by Crippen LogP contribution is 2.43. The molecule has 1 rings (SSSR count). The zero-order valence-corrected chi connectivity index (χ0v) is 9.85. The van der Waals surface area contributed by atoms with Gasteiger partial charge in [0.05, 0.1) is 19.8 Å². The lowest BCUT2D eigenvalue weighted by molar-refractivity contribution is -0.216. The third kappa shape index (κ3) is 3.33. The van der Waals surface area contributed by atoms with E-state index in [1.54, 1.807) is 0 Å². The van der Waals surface area contributed by atoms with Gasteiger partial charge >= 0.3 is 6.18 Å². The maximum Gasteiger partial charge on any atom is 0.404 e. The molecule has 0 saturated carbocycles. The van der Waals surface area contributed by atoms with Gasteiger partial charge in [0.25, 0.3) is 0 Å². The first-order valence-corrected chi connectivity index (χ1v) is 5.68. The van der Waals surface area contributed by atoms with E-state index in [4.69, 9.17) is 9.84 Å². The fraction of sp³-hybridized carbons (Fsp3) is 0.900. The number of halogens is 3.